The zero-order valence-corrected chi connectivity index (χ0v) is 12.1. The number of rotatable bonds is 7. The lowest BCUT2D eigenvalue weighted by Gasteiger charge is -2.17. The quantitative estimate of drug-likeness (QED) is 0.755. The number of benzene rings is 1. The third-order valence-corrected chi connectivity index (χ3v) is 4.02. The Hall–Kier alpha value is -0.510. The monoisotopic (exact) mass is 253 g/mol. The van der Waals surface area contributed by atoms with Gasteiger partial charge in [0.25, 0.3) is 0 Å². The van der Waals surface area contributed by atoms with Crippen LogP contribution < -0.4 is 5.32 Å². The second-order valence-corrected chi connectivity index (χ2v) is 5.40. The molecule has 0 bridgehead atoms. The Balaban J connectivity index is 2.56. The summed E-state index contributed by atoms with van der Waals surface area (Å²) in [7, 11) is 3.77. The second-order valence-electron chi connectivity index (χ2n) is 4.25. The van der Waals surface area contributed by atoms with E-state index >= 15 is 0 Å². The molecule has 0 aromatic heterocycles. The standard InChI is InChI=1S/C14H23NOS/c1-11-5-6-13(9-12(11)2)14(15-3)10-17-8-7-16-4/h5-6,9,14-15H,7-8,10H2,1-4H3. The first kappa shape index (κ1) is 14.6. The Labute approximate surface area is 109 Å². The maximum Gasteiger partial charge on any atom is 0.0552 e. The van der Waals surface area contributed by atoms with Crippen molar-refractivity contribution in [1.29, 1.82) is 0 Å². The molecule has 0 aliphatic rings. The SMILES string of the molecule is CNC(CSCCOC)c1ccc(C)c(C)c1. The summed E-state index contributed by atoms with van der Waals surface area (Å²) >= 11 is 1.93. The largest absolute Gasteiger partial charge is 0.384 e. The molecule has 0 radical (unpaired) electrons. The molecular formula is C14H23NOS. The van der Waals surface area contributed by atoms with Crippen molar-refractivity contribution < 1.29 is 4.74 Å². The molecule has 0 aliphatic carbocycles. The number of nitrogens with one attached hydrogen (secondary N) is 1. The van der Waals surface area contributed by atoms with Crippen molar-refractivity contribution in [1.82, 2.24) is 5.32 Å². The van der Waals surface area contributed by atoms with Crippen molar-refractivity contribution in [3.63, 3.8) is 0 Å². The smallest absolute Gasteiger partial charge is 0.0552 e. The average molecular weight is 253 g/mol. The highest BCUT2D eigenvalue weighted by atomic mass is 32.2. The van der Waals surface area contributed by atoms with E-state index in [1.165, 1.54) is 16.7 Å². The van der Waals surface area contributed by atoms with Crippen LogP contribution >= 0.6 is 11.8 Å². The number of hydrogen-bond donors (Lipinski definition) is 1. The van der Waals surface area contributed by atoms with E-state index < -0.39 is 0 Å². The van der Waals surface area contributed by atoms with Gasteiger partial charge in [-0.1, -0.05) is 18.2 Å². The molecule has 0 saturated heterocycles. The average Bonchev–Trinajstić information content (AvgIpc) is 2.33. The second kappa shape index (κ2) is 7.75. The fourth-order valence-electron chi connectivity index (χ4n) is 1.67. The molecule has 2 nitrogen and oxygen atoms in total. The zero-order chi connectivity index (χ0) is 12.7. The van der Waals surface area contributed by atoms with Crippen LogP contribution in [-0.2, 0) is 4.74 Å². The highest BCUT2D eigenvalue weighted by Crippen LogP contribution is 2.20. The van der Waals surface area contributed by atoms with Crippen molar-refractivity contribution in [2.45, 2.75) is 19.9 Å². The van der Waals surface area contributed by atoms with Crippen molar-refractivity contribution in [2.24, 2.45) is 0 Å². The summed E-state index contributed by atoms with van der Waals surface area (Å²) in [6, 6.07) is 7.14. The third kappa shape index (κ3) is 4.70. The van der Waals surface area contributed by atoms with Crippen molar-refractivity contribution >= 4 is 11.8 Å². The molecule has 1 rings (SSSR count). The van der Waals surface area contributed by atoms with E-state index in [1.807, 2.05) is 18.8 Å². The molecule has 0 fully saturated rings. The number of ether oxygens (including phenoxy) is 1. The van der Waals surface area contributed by atoms with E-state index in [0.29, 0.717) is 6.04 Å². The maximum atomic E-state index is 5.06. The van der Waals surface area contributed by atoms with Crippen LogP contribution in [0.2, 0.25) is 0 Å². The normalized spacial score (nSPS) is 12.7. The van der Waals surface area contributed by atoms with Gasteiger partial charge in [-0.05, 0) is 37.6 Å². The van der Waals surface area contributed by atoms with Crippen LogP contribution in [-0.4, -0.2) is 32.3 Å². The Morgan fingerprint density at radius 1 is 1.29 bits per heavy atom. The van der Waals surface area contributed by atoms with Crippen LogP contribution in [0.3, 0.4) is 0 Å². The topological polar surface area (TPSA) is 21.3 Å². The summed E-state index contributed by atoms with van der Waals surface area (Å²) in [6.45, 7) is 5.15. The molecule has 96 valence electrons. The fourth-order valence-corrected chi connectivity index (χ4v) is 2.72. The van der Waals surface area contributed by atoms with Gasteiger partial charge in [0.2, 0.25) is 0 Å². The van der Waals surface area contributed by atoms with Gasteiger partial charge >= 0.3 is 0 Å². The van der Waals surface area contributed by atoms with Crippen molar-refractivity contribution in [3.8, 4) is 0 Å². The summed E-state index contributed by atoms with van der Waals surface area (Å²) < 4.78 is 5.06. The molecule has 1 unspecified atom stereocenters. The highest BCUT2D eigenvalue weighted by Gasteiger charge is 2.09. The lowest BCUT2D eigenvalue weighted by Crippen LogP contribution is -2.19. The zero-order valence-electron chi connectivity index (χ0n) is 11.2. The Kier molecular flexibility index (Phi) is 6.63. The Bertz CT molecular complexity index is 341. The predicted molar refractivity (Wildman–Crippen MR) is 76.9 cm³/mol. The van der Waals surface area contributed by atoms with Gasteiger partial charge in [-0.3, -0.25) is 0 Å². The van der Waals surface area contributed by atoms with E-state index in [4.69, 9.17) is 4.74 Å². The van der Waals surface area contributed by atoms with E-state index in [9.17, 15) is 0 Å². The van der Waals surface area contributed by atoms with Crippen LogP contribution in [0.1, 0.15) is 22.7 Å². The van der Waals surface area contributed by atoms with E-state index in [1.54, 1.807) is 7.11 Å². The molecule has 0 spiro atoms. The van der Waals surface area contributed by atoms with Gasteiger partial charge in [-0.2, -0.15) is 11.8 Å². The molecule has 1 aromatic carbocycles. The predicted octanol–water partition coefficient (Wildman–Crippen LogP) is 2.94. The molecule has 1 N–H and O–H groups in total. The van der Waals surface area contributed by atoms with Gasteiger partial charge in [0.05, 0.1) is 6.61 Å². The lowest BCUT2D eigenvalue weighted by molar-refractivity contribution is 0.218. The van der Waals surface area contributed by atoms with Crippen LogP contribution in [0.5, 0.6) is 0 Å². The van der Waals surface area contributed by atoms with Gasteiger partial charge in [0.1, 0.15) is 0 Å². The van der Waals surface area contributed by atoms with Crippen LogP contribution in [0, 0.1) is 13.8 Å². The maximum absolute atomic E-state index is 5.06. The molecule has 1 aromatic rings. The third-order valence-electron chi connectivity index (χ3n) is 3.00. The van der Waals surface area contributed by atoms with Crippen LogP contribution in [0.15, 0.2) is 18.2 Å². The summed E-state index contributed by atoms with van der Waals surface area (Å²) in [5.74, 6) is 2.14. The molecule has 3 heteroatoms. The van der Waals surface area contributed by atoms with Gasteiger partial charge in [-0.15, -0.1) is 0 Å². The van der Waals surface area contributed by atoms with Crippen LogP contribution in [0.4, 0.5) is 0 Å². The summed E-state index contributed by atoms with van der Waals surface area (Å²) in [5.41, 5.74) is 4.10. The minimum absolute atomic E-state index is 0.427. The molecule has 1 atom stereocenters. The first-order chi connectivity index (χ1) is 8.19. The number of methoxy groups -OCH3 is 1. The highest BCUT2D eigenvalue weighted by molar-refractivity contribution is 7.99. The summed E-state index contributed by atoms with van der Waals surface area (Å²) in [4.78, 5) is 0. The van der Waals surface area contributed by atoms with E-state index in [-0.39, 0.29) is 0 Å². The fraction of sp³-hybridized carbons (Fsp3) is 0.571. The Morgan fingerprint density at radius 3 is 2.65 bits per heavy atom. The van der Waals surface area contributed by atoms with Gasteiger partial charge in [-0.25, -0.2) is 0 Å². The molecule has 0 aliphatic heterocycles. The van der Waals surface area contributed by atoms with Crippen molar-refractivity contribution in [3.05, 3.63) is 34.9 Å². The first-order valence-electron chi connectivity index (χ1n) is 6.00. The van der Waals surface area contributed by atoms with Gasteiger partial charge in [0, 0.05) is 24.7 Å². The van der Waals surface area contributed by atoms with Gasteiger partial charge in [0.15, 0.2) is 0 Å². The van der Waals surface area contributed by atoms with Crippen LogP contribution in [0.25, 0.3) is 0 Å². The number of hydrogen-bond acceptors (Lipinski definition) is 3. The van der Waals surface area contributed by atoms with Crippen molar-refractivity contribution in [2.75, 3.05) is 32.3 Å². The summed E-state index contributed by atoms with van der Waals surface area (Å²) in [5, 5.41) is 3.38. The minimum atomic E-state index is 0.427. The molecule has 17 heavy (non-hydrogen) atoms. The molecular weight excluding hydrogens is 230 g/mol. The summed E-state index contributed by atoms with van der Waals surface area (Å²) in [6.07, 6.45) is 0. The Morgan fingerprint density at radius 2 is 2.06 bits per heavy atom. The lowest BCUT2D eigenvalue weighted by atomic mass is 10.0. The van der Waals surface area contributed by atoms with Gasteiger partial charge < -0.3 is 10.1 Å². The minimum Gasteiger partial charge on any atom is -0.384 e. The van der Waals surface area contributed by atoms with E-state index in [2.05, 4.69) is 37.4 Å². The molecule has 0 heterocycles. The molecule has 0 amide bonds. The van der Waals surface area contributed by atoms with E-state index in [0.717, 1.165) is 18.1 Å². The first-order valence-corrected chi connectivity index (χ1v) is 7.15. The number of thioether (sulfide) groups is 1. The molecule has 0 saturated carbocycles. The number of aryl methyl sites for hydroxylation is 2.